The Bertz CT molecular complexity index is 215. The molecule has 0 saturated carbocycles. The summed E-state index contributed by atoms with van der Waals surface area (Å²) in [4.78, 5) is 11.3. The van der Waals surface area contributed by atoms with Crippen LogP contribution in [0.3, 0.4) is 0 Å². The highest BCUT2D eigenvalue weighted by Gasteiger charge is 2.41. The third-order valence-corrected chi connectivity index (χ3v) is 2.91. The van der Waals surface area contributed by atoms with Gasteiger partial charge in [-0.1, -0.05) is 13.8 Å². The van der Waals surface area contributed by atoms with Crippen LogP contribution in [0.4, 0.5) is 0 Å². The molecule has 0 bridgehead atoms. The monoisotopic (exact) mass is 216 g/mol. The molecule has 0 aromatic heterocycles. The molecule has 15 heavy (non-hydrogen) atoms. The molecular formula is C11H20O4. The molecule has 0 aromatic carbocycles. The first-order valence-corrected chi connectivity index (χ1v) is 5.51. The molecule has 1 aliphatic rings. The SMILES string of the molecule is CC(C)CC[C@@H](O)[C@H]1C(=O)OC[C@@H]1CO. The number of esters is 1. The Balaban J connectivity index is 2.48. The van der Waals surface area contributed by atoms with E-state index in [4.69, 9.17) is 9.84 Å². The fourth-order valence-corrected chi connectivity index (χ4v) is 1.90. The molecule has 2 N–H and O–H groups in total. The van der Waals surface area contributed by atoms with Gasteiger partial charge in [0, 0.05) is 5.92 Å². The fourth-order valence-electron chi connectivity index (χ4n) is 1.90. The normalized spacial score (nSPS) is 28.2. The average Bonchev–Trinajstić information content (AvgIpc) is 2.56. The van der Waals surface area contributed by atoms with Crippen molar-refractivity contribution in [3.8, 4) is 0 Å². The summed E-state index contributed by atoms with van der Waals surface area (Å²) in [7, 11) is 0. The van der Waals surface area contributed by atoms with Crippen molar-refractivity contribution in [2.45, 2.75) is 32.8 Å². The van der Waals surface area contributed by atoms with E-state index in [1.165, 1.54) is 0 Å². The van der Waals surface area contributed by atoms with Gasteiger partial charge in [-0.15, -0.1) is 0 Å². The smallest absolute Gasteiger partial charge is 0.312 e. The van der Waals surface area contributed by atoms with Crippen molar-refractivity contribution < 1.29 is 19.7 Å². The van der Waals surface area contributed by atoms with Crippen LogP contribution in [0.5, 0.6) is 0 Å². The topological polar surface area (TPSA) is 66.8 Å². The van der Waals surface area contributed by atoms with E-state index in [1.54, 1.807) is 0 Å². The standard InChI is InChI=1S/C11H20O4/c1-7(2)3-4-9(13)10-8(5-12)6-15-11(10)14/h7-10,12-13H,3-6H2,1-2H3/t8-,9+,10-/m0/s1. The molecular weight excluding hydrogens is 196 g/mol. The minimum atomic E-state index is -0.681. The van der Waals surface area contributed by atoms with Crippen LogP contribution in [0.2, 0.25) is 0 Å². The Morgan fingerprint density at radius 3 is 2.67 bits per heavy atom. The Morgan fingerprint density at radius 2 is 2.13 bits per heavy atom. The summed E-state index contributed by atoms with van der Waals surface area (Å²) in [6.45, 7) is 4.28. The van der Waals surface area contributed by atoms with E-state index in [0.29, 0.717) is 12.3 Å². The quantitative estimate of drug-likeness (QED) is 0.659. The molecule has 3 atom stereocenters. The molecule has 0 spiro atoms. The number of hydrogen-bond acceptors (Lipinski definition) is 4. The van der Waals surface area contributed by atoms with Gasteiger partial charge in [-0.2, -0.15) is 0 Å². The van der Waals surface area contributed by atoms with Gasteiger partial charge >= 0.3 is 5.97 Å². The molecule has 1 heterocycles. The van der Waals surface area contributed by atoms with Crippen molar-refractivity contribution in [3.05, 3.63) is 0 Å². The lowest BCUT2D eigenvalue weighted by Gasteiger charge is -2.19. The molecule has 0 amide bonds. The van der Waals surface area contributed by atoms with Crippen LogP contribution in [0.25, 0.3) is 0 Å². The molecule has 88 valence electrons. The zero-order valence-electron chi connectivity index (χ0n) is 9.35. The summed E-state index contributed by atoms with van der Waals surface area (Å²) in [5.74, 6) is -0.636. The van der Waals surface area contributed by atoms with E-state index in [9.17, 15) is 9.90 Å². The minimum Gasteiger partial charge on any atom is -0.465 e. The Morgan fingerprint density at radius 1 is 1.47 bits per heavy atom. The van der Waals surface area contributed by atoms with Crippen LogP contribution in [0.15, 0.2) is 0 Å². The number of aliphatic hydroxyl groups excluding tert-OH is 2. The number of aliphatic hydroxyl groups is 2. The van der Waals surface area contributed by atoms with Gasteiger partial charge in [-0.05, 0) is 18.8 Å². The summed E-state index contributed by atoms with van der Waals surface area (Å²) >= 11 is 0. The van der Waals surface area contributed by atoms with E-state index < -0.39 is 12.0 Å². The zero-order valence-corrected chi connectivity index (χ0v) is 9.35. The average molecular weight is 216 g/mol. The van der Waals surface area contributed by atoms with Crippen molar-refractivity contribution >= 4 is 5.97 Å². The zero-order chi connectivity index (χ0) is 11.4. The van der Waals surface area contributed by atoms with Crippen LogP contribution in [0, 0.1) is 17.8 Å². The Kier molecular flexibility index (Phi) is 4.54. The van der Waals surface area contributed by atoms with Crippen LogP contribution in [-0.2, 0) is 9.53 Å². The number of hydrogen-bond donors (Lipinski definition) is 2. The number of cyclic esters (lactones) is 1. The second kappa shape index (κ2) is 5.47. The third-order valence-electron chi connectivity index (χ3n) is 2.91. The Labute approximate surface area is 90.2 Å². The summed E-state index contributed by atoms with van der Waals surface area (Å²) in [6.07, 6.45) is 0.788. The summed E-state index contributed by atoms with van der Waals surface area (Å²) in [6, 6.07) is 0. The van der Waals surface area contributed by atoms with Crippen LogP contribution in [0.1, 0.15) is 26.7 Å². The molecule has 1 fully saturated rings. The number of rotatable bonds is 5. The van der Waals surface area contributed by atoms with Gasteiger partial charge in [0.1, 0.15) is 0 Å². The van der Waals surface area contributed by atoms with Gasteiger partial charge in [0.05, 0.1) is 25.2 Å². The highest BCUT2D eigenvalue weighted by molar-refractivity contribution is 5.75. The summed E-state index contributed by atoms with van der Waals surface area (Å²) in [5.41, 5.74) is 0. The van der Waals surface area contributed by atoms with E-state index in [1.807, 2.05) is 0 Å². The van der Waals surface area contributed by atoms with Crippen molar-refractivity contribution in [1.82, 2.24) is 0 Å². The van der Waals surface area contributed by atoms with Gasteiger partial charge in [-0.25, -0.2) is 0 Å². The van der Waals surface area contributed by atoms with E-state index in [0.717, 1.165) is 6.42 Å². The van der Waals surface area contributed by atoms with Gasteiger partial charge < -0.3 is 14.9 Å². The first kappa shape index (κ1) is 12.5. The second-order valence-electron chi connectivity index (χ2n) is 4.64. The predicted molar refractivity (Wildman–Crippen MR) is 55.1 cm³/mol. The molecule has 4 nitrogen and oxygen atoms in total. The molecule has 1 aliphatic heterocycles. The van der Waals surface area contributed by atoms with Crippen LogP contribution >= 0.6 is 0 Å². The molecule has 0 aliphatic carbocycles. The lowest BCUT2D eigenvalue weighted by atomic mass is 9.87. The van der Waals surface area contributed by atoms with Gasteiger partial charge in [0.25, 0.3) is 0 Å². The van der Waals surface area contributed by atoms with E-state index in [-0.39, 0.29) is 25.1 Å². The minimum absolute atomic E-state index is 0.102. The second-order valence-corrected chi connectivity index (χ2v) is 4.64. The van der Waals surface area contributed by atoms with E-state index >= 15 is 0 Å². The van der Waals surface area contributed by atoms with Crippen LogP contribution in [-0.4, -0.2) is 35.5 Å². The lowest BCUT2D eigenvalue weighted by Crippen LogP contribution is -2.31. The lowest BCUT2D eigenvalue weighted by molar-refractivity contribution is -0.144. The van der Waals surface area contributed by atoms with Crippen molar-refractivity contribution in [2.24, 2.45) is 17.8 Å². The van der Waals surface area contributed by atoms with Crippen molar-refractivity contribution in [2.75, 3.05) is 13.2 Å². The maximum atomic E-state index is 11.3. The van der Waals surface area contributed by atoms with Crippen molar-refractivity contribution in [1.29, 1.82) is 0 Å². The molecule has 0 aromatic rings. The highest BCUT2D eigenvalue weighted by Crippen LogP contribution is 2.27. The van der Waals surface area contributed by atoms with Gasteiger partial charge in [0.15, 0.2) is 0 Å². The van der Waals surface area contributed by atoms with Crippen LogP contribution < -0.4 is 0 Å². The summed E-state index contributed by atoms with van der Waals surface area (Å²) in [5, 5.41) is 18.9. The summed E-state index contributed by atoms with van der Waals surface area (Å²) < 4.78 is 4.84. The molecule has 1 saturated heterocycles. The molecule has 0 unspecified atom stereocenters. The predicted octanol–water partition coefficient (Wildman–Crippen LogP) is 0.565. The first-order valence-electron chi connectivity index (χ1n) is 5.51. The Hall–Kier alpha value is -0.610. The van der Waals surface area contributed by atoms with Gasteiger partial charge in [-0.3, -0.25) is 4.79 Å². The molecule has 1 rings (SSSR count). The maximum Gasteiger partial charge on any atom is 0.312 e. The molecule has 0 radical (unpaired) electrons. The van der Waals surface area contributed by atoms with Crippen molar-refractivity contribution in [3.63, 3.8) is 0 Å². The third kappa shape index (κ3) is 3.18. The highest BCUT2D eigenvalue weighted by atomic mass is 16.5. The molecule has 4 heteroatoms. The largest absolute Gasteiger partial charge is 0.465 e. The fraction of sp³-hybridized carbons (Fsp3) is 0.909. The first-order chi connectivity index (χ1) is 7.06. The van der Waals surface area contributed by atoms with Gasteiger partial charge in [0.2, 0.25) is 0 Å². The maximum absolute atomic E-state index is 11.3. The number of ether oxygens (including phenoxy) is 1. The number of carbonyl (C=O) groups is 1. The van der Waals surface area contributed by atoms with E-state index in [2.05, 4.69) is 13.8 Å². The number of carbonyl (C=O) groups excluding carboxylic acids is 1.